The molecule has 0 aliphatic heterocycles. The lowest BCUT2D eigenvalue weighted by molar-refractivity contribution is 1.07. The highest BCUT2D eigenvalue weighted by Gasteiger charge is 2.03. The summed E-state index contributed by atoms with van der Waals surface area (Å²) in [7, 11) is 0. The van der Waals surface area contributed by atoms with E-state index in [1.54, 1.807) is 6.20 Å². The molecule has 0 radical (unpaired) electrons. The van der Waals surface area contributed by atoms with Gasteiger partial charge in [0.15, 0.2) is 0 Å². The van der Waals surface area contributed by atoms with Crippen molar-refractivity contribution in [3.8, 4) is 0 Å². The Morgan fingerprint density at radius 2 is 1.78 bits per heavy atom. The quantitative estimate of drug-likeness (QED) is 0.708. The molecule has 0 bridgehead atoms. The molecule has 0 aliphatic rings. The minimum Gasteiger partial charge on any atom is -0.366 e. The zero-order valence-corrected chi connectivity index (χ0v) is 13.5. The minimum atomic E-state index is 0.507. The number of halogens is 1. The maximum Gasteiger partial charge on any atom is 0.229 e. The molecule has 0 unspecified atom stereocenters. The van der Waals surface area contributed by atoms with E-state index in [4.69, 9.17) is 11.6 Å². The molecule has 0 atom stereocenters. The second kappa shape index (κ2) is 7.11. The molecule has 1 aromatic heterocycles. The summed E-state index contributed by atoms with van der Waals surface area (Å²) in [6.07, 6.45) is 1.71. The van der Waals surface area contributed by atoms with Crippen LogP contribution in [-0.4, -0.2) is 9.97 Å². The number of hydrogen-bond donors (Lipinski definition) is 2. The number of anilines is 3. The van der Waals surface area contributed by atoms with Gasteiger partial charge < -0.3 is 10.6 Å². The number of nitrogens with one attached hydrogen (secondary N) is 2. The Morgan fingerprint density at radius 3 is 2.61 bits per heavy atom. The first-order valence-electron chi connectivity index (χ1n) is 7.35. The van der Waals surface area contributed by atoms with Gasteiger partial charge in [-0.1, -0.05) is 48.0 Å². The average Bonchev–Trinajstić information content (AvgIpc) is 2.57. The van der Waals surface area contributed by atoms with E-state index in [9.17, 15) is 0 Å². The van der Waals surface area contributed by atoms with Gasteiger partial charge in [-0.05, 0) is 36.2 Å². The van der Waals surface area contributed by atoms with Crippen molar-refractivity contribution in [1.82, 2.24) is 9.97 Å². The van der Waals surface area contributed by atoms with Crippen molar-refractivity contribution in [2.24, 2.45) is 0 Å². The molecule has 0 fully saturated rings. The van der Waals surface area contributed by atoms with Gasteiger partial charge in [-0.2, -0.15) is 4.98 Å². The topological polar surface area (TPSA) is 49.8 Å². The van der Waals surface area contributed by atoms with E-state index in [0.717, 1.165) is 18.1 Å². The summed E-state index contributed by atoms with van der Waals surface area (Å²) in [6.45, 7) is 2.82. The van der Waals surface area contributed by atoms with Crippen LogP contribution >= 0.6 is 11.6 Å². The molecule has 116 valence electrons. The molecule has 2 N–H and O–H groups in total. The van der Waals surface area contributed by atoms with E-state index in [1.165, 1.54) is 11.1 Å². The van der Waals surface area contributed by atoms with Gasteiger partial charge in [0.05, 0.1) is 10.7 Å². The van der Waals surface area contributed by atoms with Crippen LogP contribution in [0.5, 0.6) is 0 Å². The van der Waals surface area contributed by atoms with Crippen LogP contribution in [0.1, 0.15) is 11.1 Å². The van der Waals surface area contributed by atoms with Crippen LogP contribution in [0, 0.1) is 6.92 Å². The summed E-state index contributed by atoms with van der Waals surface area (Å²) in [6, 6.07) is 17.6. The lowest BCUT2D eigenvalue weighted by atomic mass is 10.1. The molecule has 0 saturated carbocycles. The van der Waals surface area contributed by atoms with E-state index in [1.807, 2.05) is 42.5 Å². The summed E-state index contributed by atoms with van der Waals surface area (Å²) in [5.41, 5.74) is 3.28. The van der Waals surface area contributed by atoms with Crippen molar-refractivity contribution in [2.45, 2.75) is 13.5 Å². The predicted molar refractivity (Wildman–Crippen MR) is 95.3 cm³/mol. The molecule has 3 rings (SSSR count). The largest absolute Gasteiger partial charge is 0.366 e. The second-order valence-electron chi connectivity index (χ2n) is 5.15. The average molecular weight is 325 g/mol. The molecule has 5 heteroatoms. The van der Waals surface area contributed by atoms with E-state index in [0.29, 0.717) is 11.0 Å². The third kappa shape index (κ3) is 3.99. The summed E-state index contributed by atoms with van der Waals surface area (Å²) in [5, 5.41) is 7.08. The van der Waals surface area contributed by atoms with Crippen molar-refractivity contribution >= 4 is 29.1 Å². The van der Waals surface area contributed by atoms with E-state index < -0.39 is 0 Å². The number of aromatic nitrogens is 2. The van der Waals surface area contributed by atoms with Gasteiger partial charge in [-0.3, -0.25) is 0 Å². The first kappa shape index (κ1) is 15.3. The van der Waals surface area contributed by atoms with Crippen molar-refractivity contribution in [3.05, 3.63) is 76.9 Å². The zero-order chi connectivity index (χ0) is 16.1. The van der Waals surface area contributed by atoms with Crippen molar-refractivity contribution in [1.29, 1.82) is 0 Å². The molecule has 0 spiro atoms. The molecule has 1 heterocycles. The van der Waals surface area contributed by atoms with Crippen LogP contribution in [0.25, 0.3) is 0 Å². The molecule has 2 aromatic carbocycles. The standard InChI is InChI=1S/C18H17ClN4/c1-13-6-2-3-7-14(13)12-21-17-10-11-20-18(23-17)22-16-9-5-4-8-15(16)19/h2-11H,12H2,1H3,(H2,20,21,22,23). The van der Waals surface area contributed by atoms with Crippen LogP contribution in [-0.2, 0) is 6.54 Å². The Kier molecular flexibility index (Phi) is 4.74. The first-order chi connectivity index (χ1) is 11.2. The number of nitrogens with zero attached hydrogens (tertiary/aromatic N) is 2. The normalized spacial score (nSPS) is 10.3. The van der Waals surface area contributed by atoms with Crippen molar-refractivity contribution in [2.75, 3.05) is 10.6 Å². The third-order valence-corrected chi connectivity index (χ3v) is 3.83. The molecular formula is C18H17ClN4. The first-order valence-corrected chi connectivity index (χ1v) is 7.73. The molecule has 3 aromatic rings. The van der Waals surface area contributed by atoms with Gasteiger partial charge in [-0.25, -0.2) is 4.98 Å². The fourth-order valence-corrected chi connectivity index (χ4v) is 2.38. The highest BCUT2D eigenvalue weighted by atomic mass is 35.5. The number of para-hydroxylation sites is 1. The monoisotopic (exact) mass is 324 g/mol. The van der Waals surface area contributed by atoms with Crippen LogP contribution in [0.2, 0.25) is 5.02 Å². The number of benzene rings is 2. The highest BCUT2D eigenvalue weighted by molar-refractivity contribution is 6.33. The number of aryl methyl sites for hydroxylation is 1. The Balaban J connectivity index is 1.70. The lowest BCUT2D eigenvalue weighted by Crippen LogP contribution is -2.05. The summed E-state index contributed by atoms with van der Waals surface area (Å²) in [5.74, 6) is 1.27. The van der Waals surface area contributed by atoms with Crippen LogP contribution in [0.3, 0.4) is 0 Å². The molecule has 0 saturated heterocycles. The van der Waals surface area contributed by atoms with E-state index >= 15 is 0 Å². The molecule has 0 amide bonds. The van der Waals surface area contributed by atoms with Gasteiger partial charge in [-0.15, -0.1) is 0 Å². The van der Waals surface area contributed by atoms with Crippen LogP contribution < -0.4 is 10.6 Å². The predicted octanol–water partition coefficient (Wildman–Crippen LogP) is 4.79. The Hall–Kier alpha value is -2.59. The third-order valence-electron chi connectivity index (χ3n) is 3.50. The van der Waals surface area contributed by atoms with Gasteiger partial charge in [0, 0.05) is 12.7 Å². The van der Waals surface area contributed by atoms with Gasteiger partial charge in [0.25, 0.3) is 0 Å². The fraction of sp³-hybridized carbons (Fsp3) is 0.111. The van der Waals surface area contributed by atoms with Gasteiger partial charge in [0.2, 0.25) is 5.95 Å². The maximum absolute atomic E-state index is 6.14. The van der Waals surface area contributed by atoms with Crippen molar-refractivity contribution in [3.63, 3.8) is 0 Å². The highest BCUT2D eigenvalue weighted by Crippen LogP contribution is 2.23. The summed E-state index contributed by atoms with van der Waals surface area (Å²) < 4.78 is 0. The van der Waals surface area contributed by atoms with Gasteiger partial charge >= 0.3 is 0 Å². The SMILES string of the molecule is Cc1ccccc1CNc1ccnc(Nc2ccccc2Cl)n1. The number of rotatable bonds is 5. The lowest BCUT2D eigenvalue weighted by Gasteiger charge is -2.10. The van der Waals surface area contributed by atoms with E-state index in [-0.39, 0.29) is 0 Å². The summed E-state index contributed by atoms with van der Waals surface area (Å²) in [4.78, 5) is 8.69. The van der Waals surface area contributed by atoms with Crippen molar-refractivity contribution < 1.29 is 0 Å². The molecule has 23 heavy (non-hydrogen) atoms. The smallest absolute Gasteiger partial charge is 0.229 e. The Morgan fingerprint density at radius 1 is 1.00 bits per heavy atom. The molecule has 0 aliphatic carbocycles. The molecular weight excluding hydrogens is 308 g/mol. The zero-order valence-electron chi connectivity index (χ0n) is 12.8. The fourth-order valence-electron chi connectivity index (χ4n) is 2.19. The maximum atomic E-state index is 6.14. The summed E-state index contributed by atoms with van der Waals surface area (Å²) >= 11 is 6.14. The van der Waals surface area contributed by atoms with Crippen LogP contribution in [0.4, 0.5) is 17.5 Å². The van der Waals surface area contributed by atoms with Crippen LogP contribution in [0.15, 0.2) is 60.8 Å². The van der Waals surface area contributed by atoms with Gasteiger partial charge in [0.1, 0.15) is 5.82 Å². The Labute approximate surface area is 140 Å². The number of hydrogen-bond acceptors (Lipinski definition) is 4. The molecule has 4 nitrogen and oxygen atoms in total. The minimum absolute atomic E-state index is 0.507. The second-order valence-corrected chi connectivity index (χ2v) is 5.56. The Bertz CT molecular complexity index is 804. The van der Waals surface area contributed by atoms with E-state index in [2.05, 4.69) is 39.7 Å².